The van der Waals surface area contributed by atoms with Crippen molar-refractivity contribution < 1.29 is 19.2 Å². The number of hydrogen-bond acceptors (Lipinski definition) is 4. The molecule has 0 amide bonds. The molecule has 2 aliphatic rings. The third-order valence-electron chi connectivity index (χ3n) is 8.69. The third-order valence-corrected chi connectivity index (χ3v) is 8.69. The van der Waals surface area contributed by atoms with Gasteiger partial charge in [-0.15, -0.1) is 0 Å². The largest absolute Gasteiger partial charge is 0.289 e. The van der Waals surface area contributed by atoms with E-state index in [1.54, 1.807) is 68.4 Å². The second kappa shape index (κ2) is 14.3. The molecule has 0 saturated heterocycles. The molecule has 0 aromatic heterocycles. The summed E-state index contributed by atoms with van der Waals surface area (Å²) in [5.74, 6) is -0.159. The molecular formula is C42H40O4. The van der Waals surface area contributed by atoms with Gasteiger partial charge in [0, 0.05) is 44.5 Å². The highest BCUT2D eigenvalue weighted by atomic mass is 16.1. The zero-order valence-electron chi connectivity index (χ0n) is 26.4. The van der Waals surface area contributed by atoms with Crippen molar-refractivity contribution in [2.24, 2.45) is 0 Å². The van der Waals surface area contributed by atoms with Gasteiger partial charge in [0.1, 0.15) is 0 Å². The molecule has 4 heteroatoms. The van der Waals surface area contributed by atoms with E-state index in [1.165, 1.54) is 21.9 Å². The Morgan fingerprint density at radius 1 is 0.457 bits per heavy atom. The number of allylic oxidation sites excluding steroid dienone is 2. The number of carbonyl (C=O) groups excluding carboxylic acids is 4. The Bertz CT molecular complexity index is 1980. The lowest BCUT2D eigenvalue weighted by molar-refractivity contribution is 0.0975. The molecule has 0 aliphatic heterocycles. The summed E-state index contributed by atoms with van der Waals surface area (Å²) in [6, 6.07) is 32.5. The molecule has 0 unspecified atom stereocenters. The predicted molar refractivity (Wildman–Crippen MR) is 187 cm³/mol. The van der Waals surface area contributed by atoms with Crippen LogP contribution in [0.3, 0.4) is 0 Å². The van der Waals surface area contributed by atoms with E-state index in [-0.39, 0.29) is 30.6 Å². The number of Topliss-reactive ketones (excluding diaryl/α,β-unsaturated/α-hetero) is 2. The molecule has 232 valence electrons. The van der Waals surface area contributed by atoms with E-state index in [9.17, 15) is 19.2 Å². The molecule has 0 fully saturated rings. The topological polar surface area (TPSA) is 68.3 Å². The van der Waals surface area contributed by atoms with Crippen LogP contribution in [-0.2, 0) is 12.8 Å². The fourth-order valence-corrected chi connectivity index (χ4v) is 5.90. The summed E-state index contributed by atoms with van der Waals surface area (Å²) in [5.41, 5.74) is 8.24. The second-order valence-corrected chi connectivity index (χ2v) is 11.3. The standard InChI is InChI=1S/C16H12O2.C13H14.C12H10O2.CH4/c1-2-10-7-8-13-14(9-10)16(18)12-6-4-3-5-11(12)15(13)17;1-3-12-10(2)8-9-11-6-4-5-7-13(11)12;1-7-8(2)12(14)10-6-4-3-5-9(10)11(7)13;/h3-9H,2H2,1H3;4-9H,3H2,1-2H3;3-6H,1-2H3;1H4. The minimum atomic E-state index is -0.0529. The summed E-state index contributed by atoms with van der Waals surface area (Å²) in [5, 5.41) is 2.76. The van der Waals surface area contributed by atoms with Gasteiger partial charge in [0.15, 0.2) is 23.1 Å². The van der Waals surface area contributed by atoms with Crippen LogP contribution in [0.15, 0.2) is 114 Å². The van der Waals surface area contributed by atoms with Gasteiger partial charge >= 0.3 is 0 Å². The first-order chi connectivity index (χ1) is 21.7. The third kappa shape index (κ3) is 6.29. The maximum atomic E-state index is 12.4. The number of aryl methyl sites for hydroxylation is 3. The molecule has 2 aliphatic carbocycles. The molecule has 5 aromatic carbocycles. The van der Waals surface area contributed by atoms with E-state index in [2.05, 4.69) is 50.2 Å². The number of hydrogen-bond donors (Lipinski definition) is 0. The molecule has 0 saturated carbocycles. The van der Waals surface area contributed by atoms with Gasteiger partial charge in [-0.05, 0) is 67.1 Å². The fourth-order valence-electron chi connectivity index (χ4n) is 5.90. The van der Waals surface area contributed by atoms with Crippen LogP contribution in [0.2, 0.25) is 0 Å². The van der Waals surface area contributed by atoms with E-state index < -0.39 is 0 Å². The summed E-state index contributed by atoms with van der Waals surface area (Å²) in [6.07, 6.45) is 1.98. The lowest BCUT2D eigenvalue weighted by atomic mass is 9.83. The summed E-state index contributed by atoms with van der Waals surface area (Å²) >= 11 is 0. The average Bonchev–Trinajstić information content (AvgIpc) is 3.09. The maximum Gasteiger partial charge on any atom is 0.194 e. The number of fused-ring (bicyclic) bond motifs is 4. The maximum absolute atomic E-state index is 12.4. The van der Waals surface area contributed by atoms with Crippen LogP contribution in [0.5, 0.6) is 0 Å². The Kier molecular flexibility index (Phi) is 10.4. The van der Waals surface area contributed by atoms with Crippen LogP contribution < -0.4 is 0 Å². The molecule has 0 atom stereocenters. The van der Waals surface area contributed by atoms with E-state index in [4.69, 9.17) is 0 Å². The zero-order chi connectivity index (χ0) is 32.2. The van der Waals surface area contributed by atoms with Crippen molar-refractivity contribution in [2.75, 3.05) is 0 Å². The van der Waals surface area contributed by atoms with Crippen molar-refractivity contribution in [2.45, 2.75) is 54.9 Å². The van der Waals surface area contributed by atoms with Crippen LogP contribution in [-0.4, -0.2) is 23.1 Å². The van der Waals surface area contributed by atoms with Crippen molar-refractivity contribution in [3.63, 3.8) is 0 Å². The van der Waals surface area contributed by atoms with Crippen molar-refractivity contribution >= 4 is 33.9 Å². The molecule has 46 heavy (non-hydrogen) atoms. The van der Waals surface area contributed by atoms with Gasteiger partial charge in [0.25, 0.3) is 0 Å². The predicted octanol–water partition coefficient (Wildman–Crippen LogP) is 9.77. The Hall–Kier alpha value is -5.22. The van der Waals surface area contributed by atoms with Crippen molar-refractivity contribution in [1.29, 1.82) is 0 Å². The van der Waals surface area contributed by atoms with E-state index in [1.807, 2.05) is 19.1 Å². The molecule has 0 spiro atoms. The first-order valence-electron chi connectivity index (χ1n) is 15.3. The van der Waals surface area contributed by atoms with Gasteiger partial charge in [-0.2, -0.15) is 0 Å². The lowest BCUT2D eigenvalue weighted by Gasteiger charge is -2.17. The molecule has 0 radical (unpaired) electrons. The van der Waals surface area contributed by atoms with Crippen LogP contribution in [0.1, 0.15) is 104 Å². The molecule has 0 N–H and O–H groups in total. The molecule has 0 bridgehead atoms. The zero-order valence-corrected chi connectivity index (χ0v) is 26.4. The molecule has 7 rings (SSSR count). The fraction of sp³-hybridized carbons (Fsp3) is 0.190. The Morgan fingerprint density at radius 2 is 0.913 bits per heavy atom. The molecule has 5 aromatic rings. The number of benzene rings is 5. The smallest absolute Gasteiger partial charge is 0.194 e. The van der Waals surface area contributed by atoms with E-state index in [0.29, 0.717) is 44.5 Å². The van der Waals surface area contributed by atoms with Gasteiger partial charge in [0.05, 0.1) is 0 Å². The lowest BCUT2D eigenvalue weighted by Crippen LogP contribution is -2.20. The summed E-state index contributed by atoms with van der Waals surface area (Å²) in [6.45, 7) is 9.84. The number of carbonyl (C=O) groups is 4. The summed E-state index contributed by atoms with van der Waals surface area (Å²) in [4.78, 5) is 48.2. The first-order valence-corrected chi connectivity index (χ1v) is 15.3. The molecular weight excluding hydrogens is 568 g/mol. The van der Waals surface area contributed by atoms with Crippen LogP contribution in [0, 0.1) is 6.92 Å². The van der Waals surface area contributed by atoms with Crippen LogP contribution in [0.25, 0.3) is 10.8 Å². The molecule has 4 nitrogen and oxygen atoms in total. The highest BCUT2D eigenvalue weighted by Crippen LogP contribution is 2.28. The van der Waals surface area contributed by atoms with Crippen molar-refractivity contribution in [3.8, 4) is 0 Å². The van der Waals surface area contributed by atoms with Gasteiger partial charge in [0.2, 0.25) is 0 Å². The van der Waals surface area contributed by atoms with Gasteiger partial charge < -0.3 is 0 Å². The van der Waals surface area contributed by atoms with Gasteiger partial charge in [-0.25, -0.2) is 0 Å². The second-order valence-electron chi connectivity index (χ2n) is 11.3. The van der Waals surface area contributed by atoms with E-state index >= 15 is 0 Å². The Balaban J connectivity index is 0.000000158. The summed E-state index contributed by atoms with van der Waals surface area (Å²) in [7, 11) is 0. The van der Waals surface area contributed by atoms with E-state index in [0.717, 1.165) is 18.4 Å². The Morgan fingerprint density at radius 3 is 1.43 bits per heavy atom. The van der Waals surface area contributed by atoms with Crippen molar-refractivity contribution in [1.82, 2.24) is 0 Å². The minimum absolute atomic E-state index is 0. The Labute approximate surface area is 271 Å². The SMILES string of the molecule is C.CC1=C(C)C(=O)c2ccccc2C1=O.CCc1c(C)ccc2ccccc12.CCc1ccc2c(c1)C(=O)c1ccccc1C2=O. The van der Waals surface area contributed by atoms with Gasteiger partial charge in [-0.3, -0.25) is 19.2 Å². The highest BCUT2D eigenvalue weighted by molar-refractivity contribution is 6.28. The average molecular weight is 609 g/mol. The highest BCUT2D eigenvalue weighted by Gasteiger charge is 2.29. The first kappa shape index (κ1) is 33.7. The minimum Gasteiger partial charge on any atom is -0.289 e. The van der Waals surface area contributed by atoms with Crippen LogP contribution in [0.4, 0.5) is 0 Å². The normalized spacial score (nSPS) is 13.0. The molecule has 0 heterocycles. The number of ketones is 4. The number of rotatable bonds is 2. The summed E-state index contributed by atoms with van der Waals surface area (Å²) < 4.78 is 0. The monoisotopic (exact) mass is 608 g/mol. The quantitative estimate of drug-likeness (QED) is 0.196. The van der Waals surface area contributed by atoms with Crippen molar-refractivity contribution in [3.05, 3.63) is 164 Å². The van der Waals surface area contributed by atoms with Crippen LogP contribution >= 0.6 is 0 Å². The van der Waals surface area contributed by atoms with Gasteiger partial charge in [-0.1, -0.05) is 118 Å².